The van der Waals surface area contributed by atoms with Crippen LogP contribution in [0.3, 0.4) is 0 Å². The first-order valence-corrected chi connectivity index (χ1v) is 9.98. The van der Waals surface area contributed by atoms with Crippen LogP contribution < -0.4 is 10.9 Å². The minimum Gasteiger partial charge on any atom is -0.375 e. The van der Waals surface area contributed by atoms with Gasteiger partial charge in [-0.3, -0.25) is 4.79 Å². The number of hydrogen-bond acceptors (Lipinski definition) is 5. The summed E-state index contributed by atoms with van der Waals surface area (Å²) < 4.78 is 38.9. The van der Waals surface area contributed by atoms with Crippen molar-refractivity contribution in [2.24, 2.45) is 0 Å². The third-order valence-corrected chi connectivity index (χ3v) is 6.30. The number of anilines is 1. The molecule has 1 N–H and O–H groups in total. The van der Waals surface area contributed by atoms with E-state index in [0.717, 1.165) is 28.1 Å². The number of aryl methyl sites for hydroxylation is 2. The molecule has 29 heavy (non-hydrogen) atoms. The minimum atomic E-state index is -4.51. The summed E-state index contributed by atoms with van der Waals surface area (Å²) in [5.74, 6) is -0.0500. The highest BCUT2D eigenvalue weighted by Crippen LogP contribution is 2.31. The molecule has 10 heteroatoms. The summed E-state index contributed by atoms with van der Waals surface area (Å²) in [4.78, 5) is 18.6. The molecule has 0 aromatic carbocycles. The second-order valence-electron chi connectivity index (χ2n) is 6.47. The summed E-state index contributed by atoms with van der Waals surface area (Å²) in [6.07, 6.45) is -1.55. The molecule has 154 valence electrons. The van der Waals surface area contributed by atoms with E-state index in [1.54, 1.807) is 11.3 Å². The molecule has 1 unspecified atom stereocenters. The highest BCUT2D eigenvalue weighted by molar-refractivity contribution is 7.12. The van der Waals surface area contributed by atoms with Crippen LogP contribution in [-0.4, -0.2) is 14.8 Å². The number of aromatic nitrogens is 3. The van der Waals surface area contributed by atoms with Crippen molar-refractivity contribution in [3.05, 3.63) is 66.9 Å². The van der Waals surface area contributed by atoms with Gasteiger partial charge in [0.05, 0.1) is 23.5 Å². The summed E-state index contributed by atoms with van der Waals surface area (Å²) in [7, 11) is 0. The first kappa shape index (κ1) is 21.3. The maximum atomic E-state index is 12.7. The lowest BCUT2D eigenvalue weighted by Crippen LogP contribution is -2.24. The van der Waals surface area contributed by atoms with Crippen molar-refractivity contribution in [3.8, 4) is 5.82 Å². The average molecular weight is 443 g/mol. The maximum Gasteiger partial charge on any atom is 0.417 e. The third-order valence-electron chi connectivity index (χ3n) is 4.37. The predicted octanol–water partition coefficient (Wildman–Crippen LogP) is 5.41. The molecular weight excluding hydrogens is 425 g/mol. The Morgan fingerprint density at radius 1 is 1.31 bits per heavy atom. The molecule has 0 amide bonds. The van der Waals surface area contributed by atoms with Gasteiger partial charge in [0.25, 0.3) is 5.56 Å². The van der Waals surface area contributed by atoms with Gasteiger partial charge in [-0.1, -0.05) is 18.5 Å². The van der Waals surface area contributed by atoms with Gasteiger partial charge in [-0.25, -0.2) is 4.98 Å². The smallest absolute Gasteiger partial charge is 0.375 e. The molecule has 0 spiro atoms. The minimum absolute atomic E-state index is 0.0500. The zero-order chi connectivity index (χ0) is 21.3. The van der Waals surface area contributed by atoms with E-state index in [9.17, 15) is 18.0 Å². The van der Waals surface area contributed by atoms with E-state index >= 15 is 0 Å². The highest BCUT2D eigenvalue weighted by Gasteiger charge is 2.30. The lowest BCUT2D eigenvalue weighted by molar-refractivity contribution is -0.137. The first-order chi connectivity index (χ1) is 13.6. The monoisotopic (exact) mass is 442 g/mol. The van der Waals surface area contributed by atoms with E-state index in [1.165, 1.54) is 16.6 Å². The summed E-state index contributed by atoms with van der Waals surface area (Å²) in [5.41, 5.74) is -0.0245. The topological polar surface area (TPSA) is 59.8 Å². The standard InChI is InChI=1S/C19H18ClF3N4OS/c1-4-14-10(2)7-15(29-14)11(3)26-13-9-25-27(18(28)17(13)20)16-6-5-12(8-24-16)19(21,22)23/h5-9,11,26H,4H2,1-3H3. The van der Waals surface area contributed by atoms with E-state index in [1.807, 2.05) is 6.92 Å². The normalized spacial score (nSPS) is 12.8. The Balaban J connectivity index is 1.86. The van der Waals surface area contributed by atoms with Crippen molar-refractivity contribution < 1.29 is 13.2 Å². The lowest BCUT2D eigenvalue weighted by atomic mass is 10.2. The maximum absolute atomic E-state index is 12.7. The fraction of sp³-hybridized carbons (Fsp3) is 0.316. The molecular formula is C19H18ClF3N4OS. The molecule has 1 atom stereocenters. The third kappa shape index (κ3) is 4.45. The Hall–Kier alpha value is -2.39. The van der Waals surface area contributed by atoms with E-state index in [-0.39, 0.29) is 16.9 Å². The van der Waals surface area contributed by atoms with Gasteiger partial charge in [-0.15, -0.1) is 11.3 Å². The molecule has 0 aliphatic carbocycles. The van der Waals surface area contributed by atoms with Crippen LogP contribution in [0.4, 0.5) is 18.9 Å². The van der Waals surface area contributed by atoms with Gasteiger partial charge in [-0.2, -0.15) is 23.0 Å². The van der Waals surface area contributed by atoms with E-state index in [4.69, 9.17) is 11.6 Å². The quantitative estimate of drug-likeness (QED) is 0.574. The fourth-order valence-corrected chi connectivity index (χ4v) is 4.09. The SMILES string of the molecule is CCc1sc(C(C)Nc2cnn(-c3ccc(C(F)(F)F)cn3)c(=O)c2Cl)cc1C. The van der Waals surface area contributed by atoms with Crippen LogP contribution in [0.5, 0.6) is 0 Å². The number of nitrogens with one attached hydrogen (secondary N) is 1. The second-order valence-corrected chi connectivity index (χ2v) is 8.01. The number of nitrogens with zero attached hydrogens (tertiary/aromatic N) is 3. The van der Waals surface area contributed by atoms with Crippen molar-refractivity contribution in [2.75, 3.05) is 5.32 Å². The Morgan fingerprint density at radius 2 is 2.03 bits per heavy atom. The van der Waals surface area contributed by atoms with E-state index < -0.39 is 17.3 Å². The molecule has 3 aromatic heterocycles. The number of alkyl halides is 3. The molecule has 3 rings (SSSR count). The van der Waals surface area contributed by atoms with Gasteiger partial charge in [0, 0.05) is 16.0 Å². The van der Waals surface area contributed by atoms with Gasteiger partial charge in [-0.05, 0) is 44.0 Å². The van der Waals surface area contributed by atoms with E-state index in [0.29, 0.717) is 11.9 Å². The lowest BCUT2D eigenvalue weighted by Gasteiger charge is -2.15. The van der Waals surface area contributed by atoms with Crippen LogP contribution in [0.2, 0.25) is 5.02 Å². The van der Waals surface area contributed by atoms with Crippen molar-refractivity contribution in [1.82, 2.24) is 14.8 Å². The van der Waals surface area contributed by atoms with Crippen LogP contribution in [-0.2, 0) is 12.6 Å². The number of pyridine rings is 1. The molecule has 0 saturated heterocycles. The van der Waals surface area contributed by atoms with Crippen molar-refractivity contribution in [3.63, 3.8) is 0 Å². The van der Waals surface area contributed by atoms with Crippen molar-refractivity contribution >= 4 is 28.6 Å². The van der Waals surface area contributed by atoms with Crippen LogP contribution in [0.1, 0.15) is 40.8 Å². The molecule has 5 nitrogen and oxygen atoms in total. The zero-order valence-corrected chi connectivity index (χ0v) is 17.4. The summed E-state index contributed by atoms with van der Waals surface area (Å²) in [5, 5.41) is 7.06. The Morgan fingerprint density at radius 3 is 2.59 bits per heavy atom. The van der Waals surface area contributed by atoms with E-state index in [2.05, 4.69) is 35.3 Å². The Kier molecular flexibility index (Phi) is 6.00. The van der Waals surface area contributed by atoms with Crippen LogP contribution in [0.25, 0.3) is 5.82 Å². The Labute approximate surface area is 174 Å². The molecule has 0 bridgehead atoms. The molecule has 0 saturated carbocycles. The molecule has 0 fully saturated rings. The summed E-state index contributed by atoms with van der Waals surface area (Å²) in [6.45, 7) is 6.10. The molecule has 0 aliphatic heterocycles. The van der Waals surface area contributed by atoms with Gasteiger partial charge >= 0.3 is 6.18 Å². The van der Waals surface area contributed by atoms with Crippen molar-refractivity contribution in [2.45, 2.75) is 39.4 Å². The van der Waals surface area contributed by atoms with Crippen LogP contribution in [0.15, 0.2) is 35.4 Å². The number of thiophene rings is 1. The molecule has 3 aromatic rings. The summed E-state index contributed by atoms with van der Waals surface area (Å²) >= 11 is 7.90. The van der Waals surface area contributed by atoms with Crippen molar-refractivity contribution in [1.29, 1.82) is 0 Å². The molecule has 0 aliphatic rings. The number of rotatable bonds is 5. The van der Waals surface area contributed by atoms with Crippen LogP contribution >= 0.6 is 22.9 Å². The fourth-order valence-electron chi connectivity index (χ4n) is 2.79. The zero-order valence-electron chi connectivity index (χ0n) is 15.8. The largest absolute Gasteiger partial charge is 0.417 e. The van der Waals surface area contributed by atoms with Gasteiger partial charge < -0.3 is 5.32 Å². The molecule has 0 radical (unpaired) electrons. The highest BCUT2D eigenvalue weighted by atomic mass is 35.5. The van der Waals surface area contributed by atoms with Gasteiger partial charge in [0.2, 0.25) is 0 Å². The second kappa shape index (κ2) is 8.16. The van der Waals surface area contributed by atoms with Gasteiger partial charge in [0.15, 0.2) is 5.82 Å². The van der Waals surface area contributed by atoms with Gasteiger partial charge in [0.1, 0.15) is 5.02 Å². The molecule has 3 heterocycles. The van der Waals surface area contributed by atoms with Crippen LogP contribution in [0, 0.1) is 6.92 Å². The first-order valence-electron chi connectivity index (χ1n) is 8.79. The summed E-state index contributed by atoms with van der Waals surface area (Å²) in [6, 6.07) is 3.90. The Bertz CT molecular complexity index is 1080. The predicted molar refractivity (Wildman–Crippen MR) is 108 cm³/mol. The number of hydrogen-bond donors (Lipinski definition) is 1. The average Bonchev–Trinajstić information content (AvgIpc) is 3.06. The number of halogens is 4.